The second kappa shape index (κ2) is 6.69. The van der Waals surface area contributed by atoms with Crippen molar-refractivity contribution in [3.05, 3.63) is 102 Å². The molecular formula is C21H18O3. The standard InChI is InChI=1S/C21H18O3/c1-24-19-14-12-18(13-15-19)21(23,17-10-6-3-7-11-17)20(22)16-8-4-2-5-9-16/h2-15,23H,1H3/t21-/m1/s1. The van der Waals surface area contributed by atoms with Gasteiger partial charge in [-0.15, -0.1) is 0 Å². The summed E-state index contributed by atoms with van der Waals surface area (Å²) < 4.78 is 5.17. The molecule has 0 aliphatic carbocycles. The first kappa shape index (κ1) is 16.0. The van der Waals surface area contributed by atoms with E-state index in [1.165, 1.54) is 0 Å². The van der Waals surface area contributed by atoms with Crippen LogP contribution in [0.1, 0.15) is 21.5 Å². The van der Waals surface area contributed by atoms with Crippen molar-refractivity contribution >= 4 is 5.78 Å². The highest BCUT2D eigenvalue weighted by Crippen LogP contribution is 2.34. The zero-order chi connectivity index (χ0) is 17.0. The molecule has 0 saturated heterocycles. The number of methoxy groups -OCH3 is 1. The molecule has 3 heteroatoms. The van der Waals surface area contributed by atoms with Crippen molar-refractivity contribution in [3.63, 3.8) is 0 Å². The molecule has 1 N–H and O–H groups in total. The Bertz CT molecular complexity index is 811. The Labute approximate surface area is 141 Å². The van der Waals surface area contributed by atoms with Crippen LogP contribution in [0.5, 0.6) is 5.75 Å². The van der Waals surface area contributed by atoms with Gasteiger partial charge in [0.25, 0.3) is 0 Å². The second-order valence-electron chi connectivity index (χ2n) is 5.50. The maximum atomic E-state index is 13.1. The van der Waals surface area contributed by atoms with Gasteiger partial charge >= 0.3 is 0 Å². The van der Waals surface area contributed by atoms with E-state index in [1.54, 1.807) is 67.8 Å². The van der Waals surface area contributed by atoms with E-state index in [-0.39, 0.29) is 5.78 Å². The highest BCUT2D eigenvalue weighted by Gasteiger charge is 2.40. The second-order valence-corrected chi connectivity index (χ2v) is 5.50. The summed E-state index contributed by atoms with van der Waals surface area (Å²) in [4.78, 5) is 13.1. The molecule has 0 radical (unpaired) electrons. The quantitative estimate of drug-likeness (QED) is 0.728. The van der Waals surface area contributed by atoms with Crippen molar-refractivity contribution in [3.8, 4) is 5.75 Å². The molecule has 3 rings (SSSR count). The summed E-state index contributed by atoms with van der Waals surface area (Å²) in [5.41, 5.74) is -0.262. The fourth-order valence-corrected chi connectivity index (χ4v) is 2.74. The Hall–Kier alpha value is -2.91. The third kappa shape index (κ3) is 2.82. The van der Waals surface area contributed by atoms with E-state index in [2.05, 4.69) is 0 Å². The molecule has 0 aromatic heterocycles. The average molecular weight is 318 g/mol. The Morgan fingerprint density at radius 2 is 1.29 bits per heavy atom. The van der Waals surface area contributed by atoms with E-state index in [9.17, 15) is 9.90 Å². The zero-order valence-corrected chi connectivity index (χ0v) is 13.3. The van der Waals surface area contributed by atoms with Crippen molar-refractivity contribution in [1.82, 2.24) is 0 Å². The summed E-state index contributed by atoms with van der Waals surface area (Å²) in [7, 11) is 1.58. The summed E-state index contributed by atoms with van der Waals surface area (Å²) >= 11 is 0. The minimum absolute atomic E-state index is 0.362. The maximum Gasteiger partial charge on any atom is 0.203 e. The summed E-state index contributed by atoms with van der Waals surface area (Å²) in [6, 6.07) is 24.7. The third-order valence-electron chi connectivity index (χ3n) is 4.06. The first-order chi connectivity index (χ1) is 11.7. The number of benzene rings is 3. The molecule has 1 atom stereocenters. The van der Waals surface area contributed by atoms with E-state index < -0.39 is 5.60 Å². The molecule has 0 fully saturated rings. The highest BCUT2D eigenvalue weighted by molar-refractivity contribution is 6.05. The van der Waals surface area contributed by atoms with Crippen LogP contribution >= 0.6 is 0 Å². The summed E-state index contributed by atoms with van der Waals surface area (Å²) in [5.74, 6) is 0.306. The van der Waals surface area contributed by atoms with Gasteiger partial charge in [-0.1, -0.05) is 72.8 Å². The number of Topliss-reactive ketones (excluding diaryl/α,β-unsaturated/α-hetero) is 1. The van der Waals surface area contributed by atoms with Crippen LogP contribution in [0, 0.1) is 0 Å². The fraction of sp³-hybridized carbons (Fsp3) is 0.0952. The van der Waals surface area contributed by atoms with E-state index in [4.69, 9.17) is 4.74 Å². The van der Waals surface area contributed by atoms with E-state index >= 15 is 0 Å². The molecule has 0 spiro atoms. The lowest BCUT2D eigenvalue weighted by atomic mass is 9.80. The Morgan fingerprint density at radius 3 is 1.83 bits per heavy atom. The number of carbonyl (C=O) groups is 1. The van der Waals surface area contributed by atoms with Gasteiger partial charge in [0, 0.05) is 5.56 Å². The van der Waals surface area contributed by atoms with Gasteiger partial charge in [0.15, 0.2) is 5.60 Å². The van der Waals surface area contributed by atoms with E-state index in [0.717, 1.165) is 0 Å². The van der Waals surface area contributed by atoms with Gasteiger partial charge in [-0.25, -0.2) is 0 Å². The SMILES string of the molecule is COc1ccc([C@@](O)(C(=O)c2ccccc2)c2ccccc2)cc1. The Morgan fingerprint density at radius 1 is 0.792 bits per heavy atom. The van der Waals surface area contributed by atoms with Crippen molar-refractivity contribution in [1.29, 1.82) is 0 Å². The molecule has 0 unspecified atom stereocenters. The average Bonchev–Trinajstić information content (AvgIpc) is 2.68. The largest absolute Gasteiger partial charge is 0.497 e. The smallest absolute Gasteiger partial charge is 0.203 e. The molecule has 3 aromatic rings. The van der Waals surface area contributed by atoms with Crippen LogP contribution in [0.2, 0.25) is 0 Å². The minimum Gasteiger partial charge on any atom is -0.497 e. The minimum atomic E-state index is -1.76. The van der Waals surface area contributed by atoms with E-state index in [1.807, 2.05) is 24.3 Å². The molecular weight excluding hydrogens is 300 g/mol. The zero-order valence-electron chi connectivity index (χ0n) is 13.3. The summed E-state index contributed by atoms with van der Waals surface area (Å²) in [6.07, 6.45) is 0. The number of ketones is 1. The van der Waals surface area contributed by atoms with Gasteiger partial charge in [-0.2, -0.15) is 0 Å². The van der Waals surface area contributed by atoms with Crippen molar-refractivity contribution in [2.24, 2.45) is 0 Å². The summed E-state index contributed by atoms with van der Waals surface area (Å²) in [6.45, 7) is 0. The first-order valence-electron chi connectivity index (χ1n) is 7.68. The highest BCUT2D eigenvalue weighted by atomic mass is 16.5. The topological polar surface area (TPSA) is 46.5 Å². The number of ether oxygens (including phenoxy) is 1. The van der Waals surface area contributed by atoms with Crippen molar-refractivity contribution in [2.75, 3.05) is 7.11 Å². The van der Waals surface area contributed by atoms with Crippen LogP contribution in [-0.4, -0.2) is 18.0 Å². The number of hydrogen-bond donors (Lipinski definition) is 1. The molecule has 0 saturated carbocycles. The lowest BCUT2D eigenvalue weighted by molar-refractivity contribution is 0.0487. The van der Waals surface area contributed by atoms with Gasteiger partial charge in [-0.05, 0) is 23.3 Å². The van der Waals surface area contributed by atoms with Gasteiger partial charge < -0.3 is 9.84 Å². The molecule has 0 aliphatic heterocycles. The number of aliphatic hydroxyl groups is 1. The predicted molar refractivity (Wildman–Crippen MR) is 93.2 cm³/mol. The molecule has 0 bridgehead atoms. The monoisotopic (exact) mass is 318 g/mol. The third-order valence-corrected chi connectivity index (χ3v) is 4.06. The number of hydrogen-bond acceptors (Lipinski definition) is 3. The molecule has 3 aromatic carbocycles. The fourth-order valence-electron chi connectivity index (χ4n) is 2.74. The lowest BCUT2D eigenvalue weighted by Crippen LogP contribution is -2.37. The normalized spacial score (nSPS) is 13.1. The summed E-state index contributed by atoms with van der Waals surface area (Å²) in [5, 5.41) is 11.4. The first-order valence-corrected chi connectivity index (χ1v) is 7.68. The van der Waals surface area contributed by atoms with Gasteiger partial charge in [0.2, 0.25) is 5.78 Å². The molecule has 0 heterocycles. The molecule has 0 amide bonds. The van der Waals surface area contributed by atoms with Crippen molar-refractivity contribution < 1.29 is 14.6 Å². The predicted octanol–water partition coefficient (Wildman–Crippen LogP) is 3.81. The van der Waals surface area contributed by atoms with Gasteiger partial charge in [0.05, 0.1) is 7.11 Å². The lowest BCUT2D eigenvalue weighted by Gasteiger charge is -2.28. The number of carbonyl (C=O) groups excluding carboxylic acids is 1. The molecule has 3 nitrogen and oxygen atoms in total. The van der Waals surface area contributed by atoms with Crippen LogP contribution in [0.3, 0.4) is 0 Å². The van der Waals surface area contributed by atoms with Crippen LogP contribution in [0.25, 0.3) is 0 Å². The van der Waals surface area contributed by atoms with Crippen molar-refractivity contribution in [2.45, 2.75) is 5.60 Å². The van der Waals surface area contributed by atoms with E-state index in [0.29, 0.717) is 22.4 Å². The van der Waals surface area contributed by atoms with Crippen LogP contribution < -0.4 is 4.74 Å². The van der Waals surface area contributed by atoms with Gasteiger partial charge in [0.1, 0.15) is 5.75 Å². The Balaban J connectivity index is 2.15. The number of rotatable bonds is 5. The Kier molecular flexibility index (Phi) is 4.45. The molecule has 0 aliphatic rings. The molecule has 24 heavy (non-hydrogen) atoms. The van der Waals surface area contributed by atoms with Crippen LogP contribution in [0.4, 0.5) is 0 Å². The van der Waals surface area contributed by atoms with Crippen LogP contribution in [-0.2, 0) is 5.60 Å². The van der Waals surface area contributed by atoms with Crippen LogP contribution in [0.15, 0.2) is 84.9 Å². The molecule has 120 valence electrons. The van der Waals surface area contributed by atoms with Gasteiger partial charge in [-0.3, -0.25) is 4.79 Å². The maximum absolute atomic E-state index is 13.1.